The Kier molecular flexibility index (Phi) is 3.10. The van der Waals surface area contributed by atoms with Gasteiger partial charge in [-0.2, -0.15) is 0 Å². The summed E-state index contributed by atoms with van der Waals surface area (Å²) in [5.41, 5.74) is 3.37. The maximum atomic E-state index is 9.20. The zero-order valence-corrected chi connectivity index (χ0v) is 12.4. The Morgan fingerprint density at radius 1 is 1.24 bits per heavy atom. The predicted octanol–water partition coefficient (Wildman–Crippen LogP) is 2.10. The van der Waals surface area contributed by atoms with Gasteiger partial charge in [0.1, 0.15) is 5.52 Å². The highest BCUT2D eigenvalue weighted by Crippen LogP contribution is 2.44. The highest BCUT2D eigenvalue weighted by atomic mass is 16.3. The van der Waals surface area contributed by atoms with Crippen LogP contribution in [0.5, 0.6) is 0 Å². The van der Waals surface area contributed by atoms with E-state index < -0.39 is 0 Å². The second kappa shape index (κ2) is 4.98. The molecule has 5 heteroatoms. The standard InChI is InChI=1S/C16H22N4O/c1-19-14-3-2-4-15(16(14)17-18-19)20-12-5-6-13(20)10-11(9-12)7-8-21/h2-4,11-13,21H,5-10H2,1H3. The van der Waals surface area contributed by atoms with E-state index in [0.29, 0.717) is 24.6 Å². The van der Waals surface area contributed by atoms with Crippen molar-refractivity contribution in [3.05, 3.63) is 18.2 Å². The zero-order chi connectivity index (χ0) is 14.4. The third-order valence-corrected chi connectivity index (χ3v) is 5.27. The summed E-state index contributed by atoms with van der Waals surface area (Å²) < 4.78 is 1.85. The summed E-state index contributed by atoms with van der Waals surface area (Å²) in [7, 11) is 1.95. The molecule has 2 aliphatic heterocycles. The molecule has 2 bridgehead atoms. The lowest BCUT2D eigenvalue weighted by atomic mass is 9.88. The van der Waals surface area contributed by atoms with Crippen molar-refractivity contribution < 1.29 is 5.11 Å². The molecule has 0 saturated carbocycles. The Balaban J connectivity index is 1.70. The SMILES string of the molecule is Cn1nnc2c(N3C4CCC3CC(CCO)C4)cccc21. The number of nitrogens with zero attached hydrogens (tertiary/aromatic N) is 4. The molecule has 3 heterocycles. The lowest BCUT2D eigenvalue weighted by Gasteiger charge is -2.40. The maximum Gasteiger partial charge on any atom is 0.136 e. The summed E-state index contributed by atoms with van der Waals surface area (Å²) in [5, 5.41) is 17.8. The summed E-state index contributed by atoms with van der Waals surface area (Å²) >= 11 is 0. The van der Waals surface area contributed by atoms with Crippen molar-refractivity contribution in [3.8, 4) is 0 Å². The summed E-state index contributed by atoms with van der Waals surface area (Å²) in [4.78, 5) is 2.59. The van der Waals surface area contributed by atoms with E-state index in [-0.39, 0.29) is 0 Å². The first-order valence-corrected chi connectivity index (χ1v) is 7.95. The first-order chi connectivity index (χ1) is 10.3. The van der Waals surface area contributed by atoms with Gasteiger partial charge in [-0.15, -0.1) is 5.10 Å². The van der Waals surface area contributed by atoms with Crippen LogP contribution in [0.1, 0.15) is 32.1 Å². The molecule has 0 spiro atoms. The number of fused-ring (bicyclic) bond motifs is 3. The van der Waals surface area contributed by atoms with E-state index in [0.717, 1.165) is 17.5 Å². The molecule has 1 N–H and O–H groups in total. The van der Waals surface area contributed by atoms with E-state index in [4.69, 9.17) is 0 Å². The molecule has 0 aliphatic carbocycles. The molecule has 0 radical (unpaired) electrons. The molecular weight excluding hydrogens is 264 g/mol. The number of aromatic nitrogens is 3. The van der Waals surface area contributed by atoms with Gasteiger partial charge < -0.3 is 10.0 Å². The number of hydrogen-bond donors (Lipinski definition) is 1. The van der Waals surface area contributed by atoms with Crippen LogP contribution < -0.4 is 4.90 Å². The number of benzene rings is 1. The fourth-order valence-electron chi connectivity index (χ4n) is 4.35. The number of anilines is 1. The van der Waals surface area contributed by atoms with Crippen LogP contribution in [-0.4, -0.2) is 38.8 Å². The van der Waals surface area contributed by atoms with Crippen molar-refractivity contribution in [2.75, 3.05) is 11.5 Å². The largest absolute Gasteiger partial charge is 0.396 e. The Morgan fingerprint density at radius 2 is 2.00 bits per heavy atom. The molecule has 112 valence electrons. The molecule has 2 aliphatic rings. The van der Waals surface area contributed by atoms with Gasteiger partial charge in [-0.1, -0.05) is 11.3 Å². The second-order valence-corrected chi connectivity index (χ2v) is 6.50. The van der Waals surface area contributed by atoms with Crippen molar-refractivity contribution in [2.24, 2.45) is 13.0 Å². The number of aliphatic hydroxyl groups excluding tert-OH is 1. The van der Waals surface area contributed by atoms with Crippen LogP contribution in [0.2, 0.25) is 0 Å². The smallest absolute Gasteiger partial charge is 0.136 e. The van der Waals surface area contributed by atoms with Crippen molar-refractivity contribution in [3.63, 3.8) is 0 Å². The van der Waals surface area contributed by atoms with Crippen LogP contribution >= 0.6 is 0 Å². The molecular formula is C16H22N4O. The summed E-state index contributed by atoms with van der Waals surface area (Å²) in [5.74, 6) is 0.685. The number of hydrogen-bond acceptors (Lipinski definition) is 4. The van der Waals surface area contributed by atoms with Crippen LogP contribution in [0.25, 0.3) is 11.0 Å². The van der Waals surface area contributed by atoms with Crippen LogP contribution in [0, 0.1) is 5.92 Å². The molecule has 2 saturated heterocycles. The van der Waals surface area contributed by atoms with Crippen molar-refractivity contribution in [1.29, 1.82) is 0 Å². The fraction of sp³-hybridized carbons (Fsp3) is 0.625. The first-order valence-electron chi connectivity index (χ1n) is 7.95. The van der Waals surface area contributed by atoms with E-state index >= 15 is 0 Å². The van der Waals surface area contributed by atoms with Gasteiger partial charge in [0, 0.05) is 25.7 Å². The van der Waals surface area contributed by atoms with Crippen LogP contribution in [-0.2, 0) is 7.05 Å². The third kappa shape index (κ3) is 2.02. The Bertz CT molecular complexity index is 639. The van der Waals surface area contributed by atoms with Crippen LogP contribution in [0.3, 0.4) is 0 Å². The highest BCUT2D eigenvalue weighted by Gasteiger charge is 2.41. The van der Waals surface area contributed by atoms with Crippen LogP contribution in [0.15, 0.2) is 18.2 Å². The average molecular weight is 286 g/mol. The Labute approximate surface area is 124 Å². The molecule has 1 aromatic heterocycles. The molecule has 2 unspecified atom stereocenters. The van der Waals surface area contributed by atoms with Gasteiger partial charge in [0.2, 0.25) is 0 Å². The van der Waals surface area contributed by atoms with E-state index in [1.807, 2.05) is 11.7 Å². The predicted molar refractivity (Wildman–Crippen MR) is 82.2 cm³/mol. The summed E-state index contributed by atoms with van der Waals surface area (Å²) in [6.07, 6.45) is 5.89. The van der Waals surface area contributed by atoms with Crippen LogP contribution in [0.4, 0.5) is 5.69 Å². The van der Waals surface area contributed by atoms with Gasteiger partial charge >= 0.3 is 0 Å². The summed E-state index contributed by atoms with van der Waals surface area (Å²) in [6.45, 7) is 0.323. The van der Waals surface area contributed by atoms with E-state index in [9.17, 15) is 5.11 Å². The monoisotopic (exact) mass is 286 g/mol. The number of aryl methyl sites for hydroxylation is 1. The topological polar surface area (TPSA) is 54.2 Å². The number of piperidine rings is 1. The minimum absolute atomic E-state index is 0.323. The number of aliphatic hydroxyl groups is 1. The first kappa shape index (κ1) is 13.1. The van der Waals surface area contributed by atoms with Crippen molar-refractivity contribution >= 4 is 16.7 Å². The quantitative estimate of drug-likeness (QED) is 0.939. The van der Waals surface area contributed by atoms with E-state index in [2.05, 4.69) is 33.4 Å². The van der Waals surface area contributed by atoms with Crippen molar-refractivity contribution in [1.82, 2.24) is 15.0 Å². The zero-order valence-electron chi connectivity index (χ0n) is 12.4. The fourth-order valence-corrected chi connectivity index (χ4v) is 4.35. The minimum Gasteiger partial charge on any atom is -0.396 e. The normalized spacial score (nSPS) is 28.5. The lowest BCUT2D eigenvalue weighted by Crippen LogP contribution is -2.43. The van der Waals surface area contributed by atoms with E-state index in [1.54, 1.807) is 0 Å². The molecule has 1 aromatic carbocycles. The van der Waals surface area contributed by atoms with Crippen molar-refractivity contribution in [2.45, 2.75) is 44.2 Å². The average Bonchev–Trinajstić information content (AvgIpc) is 2.98. The van der Waals surface area contributed by atoms with E-state index in [1.165, 1.54) is 31.4 Å². The molecule has 2 atom stereocenters. The molecule has 2 aromatic rings. The minimum atomic E-state index is 0.323. The molecule has 4 rings (SSSR count). The molecule has 21 heavy (non-hydrogen) atoms. The van der Waals surface area contributed by atoms with Gasteiger partial charge in [-0.25, -0.2) is 4.68 Å². The van der Waals surface area contributed by atoms with Gasteiger partial charge in [0.25, 0.3) is 0 Å². The Hall–Kier alpha value is -1.62. The van der Waals surface area contributed by atoms with Gasteiger partial charge in [-0.05, 0) is 50.2 Å². The van der Waals surface area contributed by atoms with Gasteiger partial charge in [0.05, 0.1) is 11.2 Å². The third-order valence-electron chi connectivity index (χ3n) is 5.27. The number of rotatable bonds is 3. The molecule has 2 fully saturated rings. The molecule has 5 nitrogen and oxygen atoms in total. The summed E-state index contributed by atoms with van der Waals surface area (Å²) in [6, 6.07) is 7.59. The highest BCUT2D eigenvalue weighted by molar-refractivity contribution is 5.88. The second-order valence-electron chi connectivity index (χ2n) is 6.50. The van der Waals surface area contributed by atoms with Gasteiger partial charge in [0.15, 0.2) is 0 Å². The Morgan fingerprint density at radius 3 is 2.71 bits per heavy atom. The lowest BCUT2D eigenvalue weighted by molar-refractivity contribution is 0.226. The van der Waals surface area contributed by atoms with Gasteiger partial charge in [-0.3, -0.25) is 0 Å². The maximum absolute atomic E-state index is 9.20. The molecule has 0 amide bonds.